The molecule has 1 aromatic carbocycles. The first kappa shape index (κ1) is 25.5. The van der Waals surface area contributed by atoms with Crippen molar-refractivity contribution in [2.24, 2.45) is 0 Å². The molecule has 0 aliphatic rings. The van der Waals surface area contributed by atoms with Gasteiger partial charge in [-0.15, -0.1) is 0 Å². The number of carbonyl (C=O) groups is 1. The molecule has 0 amide bonds. The molecular weight excluding hydrogens is 432 g/mol. The SMILES string of the molecule is CCCCn1nc(C(CCCC)(OC)OC)nc1Cc1ccc(-c2cnccc2C(=O)O)cc1. The summed E-state index contributed by atoms with van der Waals surface area (Å²) in [5.74, 6) is -0.533. The summed E-state index contributed by atoms with van der Waals surface area (Å²) in [6.45, 7) is 5.05. The van der Waals surface area contributed by atoms with Crippen LogP contribution in [0.3, 0.4) is 0 Å². The van der Waals surface area contributed by atoms with E-state index in [-0.39, 0.29) is 5.56 Å². The number of aryl methyl sites for hydroxylation is 1. The lowest BCUT2D eigenvalue weighted by Gasteiger charge is -2.27. The van der Waals surface area contributed by atoms with Crippen molar-refractivity contribution in [1.29, 1.82) is 0 Å². The Morgan fingerprint density at radius 3 is 2.38 bits per heavy atom. The predicted molar refractivity (Wildman–Crippen MR) is 130 cm³/mol. The molecule has 2 heterocycles. The first-order valence-electron chi connectivity index (χ1n) is 11.8. The Bertz CT molecular complexity index is 1070. The van der Waals surface area contributed by atoms with E-state index in [4.69, 9.17) is 19.6 Å². The summed E-state index contributed by atoms with van der Waals surface area (Å²) in [6.07, 6.45) is 8.34. The van der Waals surface area contributed by atoms with Crippen molar-refractivity contribution in [3.8, 4) is 11.1 Å². The number of aromatic carboxylic acids is 1. The second-order valence-electron chi connectivity index (χ2n) is 8.29. The van der Waals surface area contributed by atoms with Crippen LogP contribution in [0.4, 0.5) is 0 Å². The Hall–Kier alpha value is -3.10. The number of rotatable bonds is 13. The summed E-state index contributed by atoms with van der Waals surface area (Å²) in [7, 11) is 3.27. The molecule has 0 aliphatic carbocycles. The van der Waals surface area contributed by atoms with Crippen LogP contribution in [0.5, 0.6) is 0 Å². The number of nitrogens with zero attached hydrogens (tertiary/aromatic N) is 4. The Morgan fingerprint density at radius 2 is 1.76 bits per heavy atom. The minimum absolute atomic E-state index is 0.231. The molecule has 34 heavy (non-hydrogen) atoms. The number of hydrogen-bond donors (Lipinski definition) is 1. The average Bonchev–Trinajstić information content (AvgIpc) is 3.27. The maximum atomic E-state index is 11.6. The van der Waals surface area contributed by atoms with Crippen molar-refractivity contribution in [3.63, 3.8) is 0 Å². The summed E-state index contributed by atoms with van der Waals surface area (Å²) in [6, 6.07) is 9.33. The summed E-state index contributed by atoms with van der Waals surface area (Å²) < 4.78 is 13.5. The molecule has 0 aliphatic heterocycles. The normalized spacial score (nSPS) is 11.6. The van der Waals surface area contributed by atoms with Crippen molar-refractivity contribution in [3.05, 3.63) is 65.5 Å². The highest BCUT2D eigenvalue weighted by Gasteiger charge is 2.37. The Morgan fingerprint density at radius 1 is 1.06 bits per heavy atom. The lowest BCUT2D eigenvalue weighted by Crippen LogP contribution is -2.32. The molecule has 0 bridgehead atoms. The first-order chi connectivity index (χ1) is 16.5. The highest BCUT2D eigenvalue weighted by molar-refractivity contribution is 5.95. The largest absolute Gasteiger partial charge is 0.478 e. The third-order valence-electron chi connectivity index (χ3n) is 6.01. The first-order valence-corrected chi connectivity index (χ1v) is 11.8. The van der Waals surface area contributed by atoms with Gasteiger partial charge in [0.2, 0.25) is 11.6 Å². The number of carboxylic acids is 1. The molecule has 3 aromatic rings. The summed E-state index contributed by atoms with van der Waals surface area (Å²) in [4.78, 5) is 20.5. The fourth-order valence-corrected chi connectivity index (χ4v) is 3.94. The molecule has 8 nitrogen and oxygen atoms in total. The van der Waals surface area contributed by atoms with Gasteiger partial charge in [0.1, 0.15) is 5.82 Å². The molecule has 0 saturated carbocycles. The third-order valence-corrected chi connectivity index (χ3v) is 6.01. The molecule has 8 heteroatoms. The van der Waals surface area contributed by atoms with E-state index in [2.05, 4.69) is 18.8 Å². The molecule has 0 fully saturated rings. The maximum absolute atomic E-state index is 11.6. The zero-order valence-corrected chi connectivity index (χ0v) is 20.5. The number of carboxylic acid groups (broad SMARTS) is 1. The fourth-order valence-electron chi connectivity index (χ4n) is 3.94. The smallest absolute Gasteiger partial charge is 0.336 e. The van der Waals surface area contributed by atoms with Crippen LogP contribution in [-0.4, -0.2) is 45.0 Å². The summed E-state index contributed by atoms with van der Waals surface area (Å²) in [5.41, 5.74) is 2.68. The van der Waals surface area contributed by atoms with E-state index in [1.165, 1.54) is 12.3 Å². The van der Waals surface area contributed by atoms with Gasteiger partial charge in [-0.3, -0.25) is 4.98 Å². The zero-order chi connectivity index (χ0) is 24.6. The van der Waals surface area contributed by atoms with Crippen LogP contribution < -0.4 is 0 Å². The second kappa shape index (κ2) is 11.9. The minimum atomic E-state index is -0.971. The van der Waals surface area contributed by atoms with E-state index in [0.717, 1.165) is 49.2 Å². The Labute approximate surface area is 201 Å². The number of hydrogen-bond acceptors (Lipinski definition) is 6. The topological polar surface area (TPSA) is 99.4 Å². The predicted octanol–water partition coefficient (Wildman–Crippen LogP) is 5.07. The Balaban J connectivity index is 1.90. The molecule has 1 N–H and O–H groups in total. The summed E-state index contributed by atoms with van der Waals surface area (Å²) in [5, 5.41) is 14.3. The number of methoxy groups -OCH3 is 2. The fraction of sp³-hybridized carbons (Fsp3) is 0.462. The van der Waals surface area contributed by atoms with Gasteiger partial charge in [0.05, 0.1) is 5.56 Å². The van der Waals surface area contributed by atoms with Crippen molar-refractivity contribution in [2.75, 3.05) is 14.2 Å². The van der Waals surface area contributed by atoms with Crippen LogP contribution in [-0.2, 0) is 28.2 Å². The molecule has 182 valence electrons. The van der Waals surface area contributed by atoms with Gasteiger partial charge in [0.15, 0.2) is 0 Å². The van der Waals surface area contributed by atoms with E-state index >= 15 is 0 Å². The van der Waals surface area contributed by atoms with Gasteiger partial charge in [-0.25, -0.2) is 14.5 Å². The quantitative estimate of drug-likeness (QED) is 0.351. The summed E-state index contributed by atoms with van der Waals surface area (Å²) >= 11 is 0. The van der Waals surface area contributed by atoms with Crippen molar-refractivity contribution >= 4 is 5.97 Å². The van der Waals surface area contributed by atoms with E-state index in [9.17, 15) is 9.90 Å². The number of pyridine rings is 1. The van der Waals surface area contributed by atoms with Gasteiger partial charge in [-0.1, -0.05) is 51.0 Å². The number of ether oxygens (including phenoxy) is 2. The molecule has 2 aromatic heterocycles. The van der Waals surface area contributed by atoms with Crippen molar-refractivity contribution in [2.45, 2.75) is 64.7 Å². The minimum Gasteiger partial charge on any atom is -0.478 e. The van der Waals surface area contributed by atoms with Gasteiger partial charge in [0, 0.05) is 51.6 Å². The van der Waals surface area contributed by atoms with E-state index in [0.29, 0.717) is 24.2 Å². The van der Waals surface area contributed by atoms with E-state index in [1.54, 1.807) is 20.4 Å². The molecule has 0 unspecified atom stereocenters. The standard InChI is InChI=1S/C26H34N4O4/c1-5-7-14-26(33-3,34-4)25-28-23(30(29-25)16-8-6-2)17-19-9-11-20(12-10-19)22-18-27-15-13-21(22)24(31)32/h9-13,15,18H,5-8,14,16-17H2,1-4H3,(H,31,32). The number of benzene rings is 1. The molecule has 0 saturated heterocycles. The van der Waals surface area contributed by atoms with Gasteiger partial charge in [-0.2, -0.15) is 5.10 Å². The number of unbranched alkanes of at least 4 members (excludes halogenated alkanes) is 2. The van der Waals surface area contributed by atoms with Crippen LogP contribution in [0.25, 0.3) is 11.1 Å². The monoisotopic (exact) mass is 466 g/mol. The van der Waals surface area contributed by atoms with Crippen LogP contribution in [0, 0.1) is 0 Å². The second-order valence-corrected chi connectivity index (χ2v) is 8.29. The number of aromatic nitrogens is 4. The van der Waals surface area contributed by atoms with Crippen LogP contribution in [0.2, 0.25) is 0 Å². The lowest BCUT2D eigenvalue weighted by molar-refractivity contribution is -0.226. The molecule has 0 atom stereocenters. The van der Waals surface area contributed by atoms with E-state index < -0.39 is 11.8 Å². The highest BCUT2D eigenvalue weighted by Crippen LogP contribution is 2.30. The van der Waals surface area contributed by atoms with Gasteiger partial charge in [0.25, 0.3) is 0 Å². The lowest BCUT2D eigenvalue weighted by atomic mass is 10.00. The highest BCUT2D eigenvalue weighted by atomic mass is 16.7. The van der Waals surface area contributed by atoms with Crippen LogP contribution >= 0.6 is 0 Å². The zero-order valence-electron chi connectivity index (χ0n) is 20.5. The van der Waals surface area contributed by atoms with Crippen LogP contribution in [0.1, 0.15) is 73.5 Å². The van der Waals surface area contributed by atoms with Gasteiger partial charge < -0.3 is 14.6 Å². The van der Waals surface area contributed by atoms with Crippen molar-refractivity contribution in [1.82, 2.24) is 19.7 Å². The van der Waals surface area contributed by atoms with E-state index in [1.807, 2.05) is 28.9 Å². The van der Waals surface area contributed by atoms with Crippen molar-refractivity contribution < 1.29 is 19.4 Å². The van der Waals surface area contributed by atoms with Gasteiger partial charge >= 0.3 is 5.97 Å². The third kappa shape index (κ3) is 5.69. The molecular formula is C26H34N4O4. The van der Waals surface area contributed by atoms with Gasteiger partial charge in [-0.05, 0) is 30.0 Å². The average molecular weight is 467 g/mol. The molecule has 0 radical (unpaired) electrons. The molecule has 3 rings (SSSR count). The maximum Gasteiger partial charge on any atom is 0.336 e. The van der Waals surface area contributed by atoms with Crippen LogP contribution in [0.15, 0.2) is 42.7 Å². The molecule has 0 spiro atoms. The Kier molecular flexibility index (Phi) is 8.90.